The normalized spacial score (nSPS) is 14.7. The summed E-state index contributed by atoms with van der Waals surface area (Å²) in [5.41, 5.74) is 0.352. The fourth-order valence-electron chi connectivity index (χ4n) is 3.76. The number of carbonyl (C=O) groups is 1. The standard InChI is InChI=1S/C22H20F4N4O/c1-15-14-20(30(27-15)19-9-5-3-7-17(19)23)21(31)29-12-10-28(11-13-29)18-8-4-2-6-16(18)22(24,25)26/h2-9,14H,10-13H2,1H3. The molecular formula is C22H20F4N4O. The van der Waals surface area contributed by atoms with Crippen molar-refractivity contribution in [3.05, 3.63) is 77.4 Å². The van der Waals surface area contributed by atoms with E-state index in [0.29, 0.717) is 5.69 Å². The van der Waals surface area contributed by atoms with E-state index in [9.17, 15) is 22.4 Å². The van der Waals surface area contributed by atoms with Crippen molar-refractivity contribution in [2.24, 2.45) is 0 Å². The first-order chi connectivity index (χ1) is 14.8. The summed E-state index contributed by atoms with van der Waals surface area (Å²) >= 11 is 0. The molecule has 0 unspecified atom stereocenters. The number of benzene rings is 2. The van der Waals surface area contributed by atoms with Crippen LogP contribution in [0.15, 0.2) is 54.6 Å². The number of halogens is 4. The lowest BCUT2D eigenvalue weighted by atomic mass is 10.1. The van der Waals surface area contributed by atoms with Gasteiger partial charge in [0.2, 0.25) is 0 Å². The van der Waals surface area contributed by atoms with Gasteiger partial charge in [-0.2, -0.15) is 18.3 Å². The quantitative estimate of drug-likeness (QED) is 0.580. The molecule has 1 saturated heterocycles. The maximum Gasteiger partial charge on any atom is 0.418 e. The zero-order valence-corrected chi connectivity index (χ0v) is 16.7. The van der Waals surface area contributed by atoms with Crippen molar-refractivity contribution in [3.8, 4) is 5.69 Å². The van der Waals surface area contributed by atoms with Crippen LogP contribution >= 0.6 is 0 Å². The van der Waals surface area contributed by atoms with Crippen LogP contribution in [0.5, 0.6) is 0 Å². The second kappa shape index (κ2) is 8.05. The summed E-state index contributed by atoms with van der Waals surface area (Å²) < 4.78 is 55.6. The van der Waals surface area contributed by atoms with Gasteiger partial charge in [0.25, 0.3) is 5.91 Å². The molecule has 0 radical (unpaired) electrons. The molecule has 31 heavy (non-hydrogen) atoms. The number of alkyl halides is 3. The first kappa shape index (κ1) is 20.9. The van der Waals surface area contributed by atoms with Gasteiger partial charge in [-0.25, -0.2) is 9.07 Å². The molecule has 2 heterocycles. The van der Waals surface area contributed by atoms with Crippen LogP contribution in [0.4, 0.5) is 23.2 Å². The number of para-hydroxylation sites is 2. The zero-order valence-electron chi connectivity index (χ0n) is 16.7. The van der Waals surface area contributed by atoms with Crippen LogP contribution in [0.25, 0.3) is 5.69 Å². The van der Waals surface area contributed by atoms with Crippen LogP contribution < -0.4 is 4.90 Å². The lowest BCUT2D eigenvalue weighted by Crippen LogP contribution is -2.49. The first-order valence-electron chi connectivity index (χ1n) is 9.78. The van der Waals surface area contributed by atoms with Gasteiger partial charge in [-0.05, 0) is 37.3 Å². The van der Waals surface area contributed by atoms with Gasteiger partial charge in [0.15, 0.2) is 0 Å². The minimum atomic E-state index is -4.45. The van der Waals surface area contributed by atoms with Crippen molar-refractivity contribution in [3.63, 3.8) is 0 Å². The fourth-order valence-corrected chi connectivity index (χ4v) is 3.76. The predicted octanol–water partition coefficient (Wildman–Crippen LogP) is 4.30. The number of anilines is 1. The third-order valence-electron chi connectivity index (χ3n) is 5.25. The maximum atomic E-state index is 14.3. The Hall–Kier alpha value is -3.36. The molecule has 1 aliphatic heterocycles. The highest BCUT2D eigenvalue weighted by molar-refractivity contribution is 5.93. The van der Waals surface area contributed by atoms with Gasteiger partial charge in [0.1, 0.15) is 17.2 Å². The third-order valence-corrected chi connectivity index (χ3v) is 5.25. The molecule has 0 saturated carbocycles. The summed E-state index contributed by atoms with van der Waals surface area (Å²) in [6, 6.07) is 13.0. The van der Waals surface area contributed by atoms with Crippen molar-refractivity contribution in [2.75, 3.05) is 31.1 Å². The molecule has 3 aromatic rings. The fraction of sp³-hybridized carbons (Fsp3) is 0.273. The summed E-state index contributed by atoms with van der Waals surface area (Å²) in [7, 11) is 0. The summed E-state index contributed by atoms with van der Waals surface area (Å²) in [6.07, 6.45) is -4.45. The highest BCUT2D eigenvalue weighted by Crippen LogP contribution is 2.36. The topological polar surface area (TPSA) is 41.4 Å². The summed E-state index contributed by atoms with van der Waals surface area (Å²) in [6.45, 7) is 2.70. The molecule has 0 aliphatic carbocycles. The number of carbonyl (C=O) groups excluding carboxylic acids is 1. The molecule has 0 N–H and O–H groups in total. The number of amides is 1. The van der Waals surface area contributed by atoms with Crippen LogP contribution in [0, 0.1) is 12.7 Å². The van der Waals surface area contributed by atoms with E-state index in [1.807, 2.05) is 0 Å². The smallest absolute Gasteiger partial charge is 0.367 e. The number of aromatic nitrogens is 2. The Kier molecular flexibility index (Phi) is 5.43. The van der Waals surface area contributed by atoms with Gasteiger partial charge in [0, 0.05) is 31.9 Å². The van der Waals surface area contributed by atoms with E-state index in [4.69, 9.17) is 0 Å². The van der Waals surface area contributed by atoms with Gasteiger partial charge in [-0.15, -0.1) is 0 Å². The molecule has 1 amide bonds. The highest BCUT2D eigenvalue weighted by atomic mass is 19.4. The van der Waals surface area contributed by atoms with Gasteiger partial charge in [-0.3, -0.25) is 4.79 Å². The number of nitrogens with zero attached hydrogens (tertiary/aromatic N) is 4. The molecule has 2 aromatic carbocycles. The van der Waals surface area contributed by atoms with E-state index >= 15 is 0 Å². The van der Waals surface area contributed by atoms with Gasteiger partial charge in [0.05, 0.1) is 11.3 Å². The van der Waals surface area contributed by atoms with Crippen LogP contribution in [-0.4, -0.2) is 46.8 Å². The summed E-state index contributed by atoms with van der Waals surface area (Å²) in [4.78, 5) is 16.3. The van der Waals surface area contributed by atoms with Crippen LogP contribution in [0.2, 0.25) is 0 Å². The largest absolute Gasteiger partial charge is 0.418 e. The van der Waals surface area contributed by atoms with Gasteiger partial charge < -0.3 is 9.80 Å². The van der Waals surface area contributed by atoms with E-state index in [1.165, 1.54) is 28.9 Å². The molecule has 0 atom stereocenters. The van der Waals surface area contributed by atoms with E-state index in [-0.39, 0.29) is 49.2 Å². The van der Waals surface area contributed by atoms with E-state index in [2.05, 4.69) is 5.10 Å². The van der Waals surface area contributed by atoms with E-state index < -0.39 is 17.6 Å². The Balaban J connectivity index is 1.54. The summed E-state index contributed by atoms with van der Waals surface area (Å²) in [5.74, 6) is -0.846. The van der Waals surface area contributed by atoms with E-state index in [0.717, 1.165) is 6.07 Å². The Morgan fingerprint density at radius 1 is 0.935 bits per heavy atom. The third kappa shape index (κ3) is 4.12. The molecule has 1 aromatic heterocycles. The highest BCUT2D eigenvalue weighted by Gasteiger charge is 2.35. The lowest BCUT2D eigenvalue weighted by molar-refractivity contribution is -0.137. The molecule has 9 heteroatoms. The average molecular weight is 432 g/mol. The van der Waals surface area contributed by atoms with Crippen molar-refractivity contribution >= 4 is 11.6 Å². The molecule has 0 spiro atoms. The molecular weight excluding hydrogens is 412 g/mol. The number of piperazine rings is 1. The Labute approximate surface area is 176 Å². The number of hydrogen-bond acceptors (Lipinski definition) is 3. The Morgan fingerprint density at radius 2 is 1.55 bits per heavy atom. The predicted molar refractivity (Wildman–Crippen MR) is 108 cm³/mol. The van der Waals surface area contributed by atoms with Crippen molar-refractivity contribution in [1.29, 1.82) is 0 Å². The van der Waals surface area contributed by atoms with Crippen LogP contribution in [-0.2, 0) is 6.18 Å². The van der Waals surface area contributed by atoms with Gasteiger partial charge in [-0.1, -0.05) is 24.3 Å². The van der Waals surface area contributed by atoms with Crippen molar-refractivity contribution < 1.29 is 22.4 Å². The zero-order chi connectivity index (χ0) is 22.2. The average Bonchev–Trinajstić information content (AvgIpc) is 3.14. The molecule has 0 bridgehead atoms. The Bertz CT molecular complexity index is 1100. The molecule has 162 valence electrons. The SMILES string of the molecule is Cc1cc(C(=O)N2CCN(c3ccccc3C(F)(F)F)CC2)n(-c2ccccc2F)n1. The lowest BCUT2D eigenvalue weighted by Gasteiger charge is -2.37. The van der Waals surface area contributed by atoms with Crippen molar-refractivity contribution in [2.45, 2.75) is 13.1 Å². The molecule has 4 rings (SSSR count). The maximum absolute atomic E-state index is 14.3. The monoisotopic (exact) mass is 432 g/mol. The molecule has 1 aliphatic rings. The summed E-state index contributed by atoms with van der Waals surface area (Å²) in [5, 5.41) is 4.25. The van der Waals surface area contributed by atoms with Gasteiger partial charge >= 0.3 is 6.18 Å². The van der Waals surface area contributed by atoms with Crippen LogP contribution in [0.1, 0.15) is 21.7 Å². The second-order valence-corrected chi connectivity index (χ2v) is 7.33. The number of aryl methyl sites for hydroxylation is 1. The second-order valence-electron chi connectivity index (χ2n) is 7.33. The molecule has 5 nitrogen and oxygen atoms in total. The first-order valence-corrected chi connectivity index (χ1v) is 9.78. The number of hydrogen-bond donors (Lipinski definition) is 0. The number of rotatable bonds is 3. The Morgan fingerprint density at radius 3 is 2.19 bits per heavy atom. The van der Waals surface area contributed by atoms with Crippen molar-refractivity contribution in [1.82, 2.24) is 14.7 Å². The molecule has 1 fully saturated rings. The van der Waals surface area contributed by atoms with E-state index in [1.54, 1.807) is 41.0 Å². The minimum Gasteiger partial charge on any atom is -0.367 e. The minimum absolute atomic E-state index is 0.106. The van der Waals surface area contributed by atoms with Crippen LogP contribution in [0.3, 0.4) is 0 Å².